The molecule has 0 spiro atoms. The highest BCUT2D eigenvalue weighted by Crippen LogP contribution is 2.27. The summed E-state index contributed by atoms with van der Waals surface area (Å²) in [5.74, 6) is 1.81. The maximum atomic E-state index is 5.74. The average Bonchev–Trinajstić information content (AvgIpc) is 2.78. The second kappa shape index (κ2) is 7.23. The van der Waals surface area contributed by atoms with Gasteiger partial charge in [-0.3, -0.25) is 0 Å². The van der Waals surface area contributed by atoms with E-state index in [1.54, 1.807) is 0 Å². The van der Waals surface area contributed by atoms with Crippen LogP contribution < -0.4 is 5.32 Å². The van der Waals surface area contributed by atoms with E-state index in [0.717, 1.165) is 45.6 Å². The van der Waals surface area contributed by atoms with Gasteiger partial charge in [-0.15, -0.1) is 0 Å². The molecule has 1 unspecified atom stereocenters. The van der Waals surface area contributed by atoms with Crippen molar-refractivity contribution >= 4 is 0 Å². The van der Waals surface area contributed by atoms with Crippen molar-refractivity contribution in [3.8, 4) is 0 Å². The molecule has 0 aliphatic carbocycles. The molecule has 1 atom stereocenters. The van der Waals surface area contributed by atoms with E-state index < -0.39 is 0 Å². The molecule has 0 amide bonds. The number of imidazole rings is 1. The number of aromatic nitrogens is 2. The predicted molar refractivity (Wildman–Crippen MR) is 82.0 cm³/mol. The molecule has 0 fully saturated rings. The number of fused-ring (bicyclic) bond motifs is 1. The van der Waals surface area contributed by atoms with Crippen LogP contribution in [0.25, 0.3) is 0 Å². The lowest BCUT2D eigenvalue weighted by molar-refractivity contribution is 0.0940. The highest BCUT2D eigenvalue weighted by molar-refractivity contribution is 5.21. The van der Waals surface area contributed by atoms with Crippen LogP contribution in [0.2, 0.25) is 0 Å². The van der Waals surface area contributed by atoms with Crippen LogP contribution in [0, 0.1) is 5.92 Å². The molecule has 4 heteroatoms. The van der Waals surface area contributed by atoms with Gasteiger partial charge in [0.15, 0.2) is 0 Å². The molecule has 0 aromatic carbocycles. The molecule has 0 radical (unpaired) electrons. The summed E-state index contributed by atoms with van der Waals surface area (Å²) < 4.78 is 8.24. The van der Waals surface area contributed by atoms with Gasteiger partial charge in [0.2, 0.25) is 0 Å². The molecule has 1 N–H and O–H groups in total. The van der Waals surface area contributed by atoms with Crippen LogP contribution in [0.1, 0.15) is 57.4 Å². The number of nitrogens with one attached hydrogen (secondary N) is 1. The molecule has 2 heterocycles. The van der Waals surface area contributed by atoms with E-state index in [-0.39, 0.29) is 0 Å². The predicted octanol–water partition coefficient (Wildman–Crippen LogP) is 2.71. The zero-order valence-corrected chi connectivity index (χ0v) is 13.4. The molecule has 0 saturated heterocycles. The maximum absolute atomic E-state index is 5.74. The van der Waals surface area contributed by atoms with E-state index in [2.05, 4.69) is 37.6 Å². The van der Waals surface area contributed by atoms with Gasteiger partial charge in [-0.2, -0.15) is 0 Å². The molecular weight excluding hydrogens is 250 g/mol. The first-order valence-corrected chi connectivity index (χ1v) is 8.06. The third-order valence-corrected chi connectivity index (χ3v) is 4.06. The van der Waals surface area contributed by atoms with Gasteiger partial charge in [-0.1, -0.05) is 20.8 Å². The molecule has 1 aromatic heterocycles. The summed E-state index contributed by atoms with van der Waals surface area (Å²) in [5.41, 5.74) is 2.69. The zero-order valence-electron chi connectivity index (χ0n) is 13.4. The Balaban J connectivity index is 2.36. The average molecular weight is 279 g/mol. The fourth-order valence-electron chi connectivity index (χ4n) is 2.98. The molecule has 1 aromatic rings. The van der Waals surface area contributed by atoms with Crippen LogP contribution in [-0.4, -0.2) is 29.3 Å². The van der Waals surface area contributed by atoms with Gasteiger partial charge in [0, 0.05) is 38.2 Å². The number of rotatable bonds is 7. The Kier molecular flexibility index (Phi) is 5.61. The lowest BCUT2D eigenvalue weighted by Crippen LogP contribution is -2.29. The minimum Gasteiger partial charge on any atom is -0.380 e. The molecule has 114 valence electrons. The summed E-state index contributed by atoms with van der Waals surface area (Å²) >= 11 is 0. The summed E-state index contributed by atoms with van der Waals surface area (Å²) in [6.45, 7) is 12.4. The quantitative estimate of drug-likeness (QED) is 0.834. The van der Waals surface area contributed by atoms with Gasteiger partial charge >= 0.3 is 0 Å². The van der Waals surface area contributed by atoms with Crippen LogP contribution in [-0.2, 0) is 24.1 Å². The topological polar surface area (TPSA) is 39.1 Å². The van der Waals surface area contributed by atoms with E-state index in [1.165, 1.54) is 17.2 Å². The van der Waals surface area contributed by atoms with Crippen LogP contribution >= 0.6 is 0 Å². The second-order valence-corrected chi connectivity index (χ2v) is 5.94. The lowest BCUT2D eigenvalue weighted by Gasteiger charge is -2.27. The molecule has 2 rings (SSSR count). The molecular formula is C16H29N3O. The number of hydrogen-bond acceptors (Lipinski definition) is 3. The van der Waals surface area contributed by atoms with Crippen molar-refractivity contribution in [1.29, 1.82) is 0 Å². The standard InChI is InChI=1S/C16H29N3O/c1-5-7-16-18-13-10-17-9-8-14(13)19(16)15(12(3)4)11-20-6-2/h12,15,17H,5-11H2,1-4H3. The van der Waals surface area contributed by atoms with Crippen molar-refractivity contribution in [2.75, 3.05) is 19.8 Å². The summed E-state index contributed by atoms with van der Waals surface area (Å²) in [5, 5.41) is 3.43. The minimum atomic E-state index is 0.408. The van der Waals surface area contributed by atoms with Crippen LogP contribution in [0.15, 0.2) is 0 Å². The smallest absolute Gasteiger partial charge is 0.109 e. The van der Waals surface area contributed by atoms with Gasteiger partial charge in [-0.05, 0) is 19.3 Å². The van der Waals surface area contributed by atoms with E-state index >= 15 is 0 Å². The Morgan fingerprint density at radius 1 is 1.35 bits per heavy atom. The van der Waals surface area contributed by atoms with E-state index in [4.69, 9.17) is 9.72 Å². The maximum Gasteiger partial charge on any atom is 0.109 e. The molecule has 0 bridgehead atoms. The Bertz CT molecular complexity index is 426. The molecule has 4 nitrogen and oxygen atoms in total. The molecule has 0 saturated carbocycles. The van der Waals surface area contributed by atoms with Gasteiger partial charge in [0.1, 0.15) is 5.82 Å². The Labute approximate surface area is 122 Å². The van der Waals surface area contributed by atoms with Crippen molar-refractivity contribution in [2.24, 2.45) is 5.92 Å². The Morgan fingerprint density at radius 3 is 2.80 bits per heavy atom. The molecule has 1 aliphatic rings. The monoisotopic (exact) mass is 279 g/mol. The van der Waals surface area contributed by atoms with Crippen LogP contribution in [0.5, 0.6) is 0 Å². The van der Waals surface area contributed by atoms with Gasteiger partial charge < -0.3 is 14.6 Å². The summed E-state index contributed by atoms with van der Waals surface area (Å²) in [6, 6.07) is 0.408. The first kappa shape index (κ1) is 15.5. The van der Waals surface area contributed by atoms with E-state index in [9.17, 15) is 0 Å². The Hall–Kier alpha value is -0.870. The van der Waals surface area contributed by atoms with Crippen LogP contribution in [0.3, 0.4) is 0 Å². The van der Waals surface area contributed by atoms with Gasteiger partial charge in [0.25, 0.3) is 0 Å². The Morgan fingerprint density at radius 2 is 2.15 bits per heavy atom. The zero-order chi connectivity index (χ0) is 14.5. The van der Waals surface area contributed by atoms with Crippen molar-refractivity contribution < 1.29 is 4.74 Å². The molecule has 20 heavy (non-hydrogen) atoms. The first-order valence-electron chi connectivity index (χ1n) is 8.06. The van der Waals surface area contributed by atoms with Crippen molar-refractivity contribution in [1.82, 2.24) is 14.9 Å². The first-order chi connectivity index (χ1) is 9.69. The van der Waals surface area contributed by atoms with Crippen molar-refractivity contribution in [2.45, 2.75) is 59.5 Å². The number of nitrogens with zero attached hydrogens (tertiary/aromatic N) is 2. The van der Waals surface area contributed by atoms with E-state index in [1.807, 2.05) is 0 Å². The van der Waals surface area contributed by atoms with Crippen LogP contribution in [0.4, 0.5) is 0 Å². The number of aryl methyl sites for hydroxylation is 1. The summed E-state index contributed by atoms with van der Waals surface area (Å²) in [7, 11) is 0. The number of hydrogen-bond donors (Lipinski definition) is 1. The largest absolute Gasteiger partial charge is 0.380 e. The van der Waals surface area contributed by atoms with Gasteiger partial charge in [-0.25, -0.2) is 4.98 Å². The lowest BCUT2D eigenvalue weighted by atomic mass is 10.0. The SMILES string of the molecule is CCCc1nc2c(n1C(COCC)C(C)C)CCNC2. The molecule has 1 aliphatic heterocycles. The highest BCUT2D eigenvalue weighted by atomic mass is 16.5. The fraction of sp³-hybridized carbons (Fsp3) is 0.812. The third-order valence-electron chi connectivity index (χ3n) is 4.06. The van der Waals surface area contributed by atoms with E-state index in [0.29, 0.717) is 12.0 Å². The summed E-state index contributed by atoms with van der Waals surface area (Å²) in [4.78, 5) is 4.90. The highest BCUT2D eigenvalue weighted by Gasteiger charge is 2.26. The third kappa shape index (κ3) is 3.23. The fourth-order valence-corrected chi connectivity index (χ4v) is 2.98. The van der Waals surface area contributed by atoms with Crippen molar-refractivity contribution in [3.05, 3.63) is 17.2 Å². The number of ether oxygens (including phenoxy) is 1. The van der Waals surface area contributed by atoms with Gasteiger partial charge in [0.05, 0.1) is 18.3 Å². The summed E-state index contributed by atoms with van der Waals surface area (Å²) in [6.07, 6.45) is 3.28. The normalized spacial score (nSPS) is 16.4. The second-order valence-electron chi connectivity index (χ2n) is 5.94. The van der Waals surface area contributed by atoms with Crippen molar-refractivity contribution in [3.63, 3.8) is 0 Å². The minimum absolute atomic E-state index is 0.408.